The fraction of sp³-hybridized carbons (Fsp3) is 0.269. The zero-order valence-corrected chi connectivity index (χ0v) is 19.0. The number of hydrogen-bond acceptors (Lipinski definition) is 4. The third-order valence-corrected chi connectivity index (χ3v) is 6.88. The molecule has 1 aromatic carbocycles. The van der Waals surface area contributed by atoms with Crippen LogP contribution in [-0.4, -0.2) is 41.3 Å². The van der Waals surface area contributed by atoms with E-state index in [0.717, 1.165) is 16.8 Å². The van der Waals surface area contributed by atoms with Gasteiger partial charge in [0.25, 0.3) is 5.91 Å². The lowest BCUT2D eigenvalue weighted by atomic mass is 9.79. The average Bonchev–Trinajstić information content (AvgIpc) is 3.49. The van der Waals surface area contributed by atoms with Crippen molar-refractivity contribution in [2.45, 2.75) is 19.8 Å². The number of benzene rings is 1. The first-order chi connectivity index (χ1) is 15.5. The van der Waals surface area contributed by atoms with Crippen molar-refractivity contribution in [3.63, 3.8) is 0 Å². The number of nitrogens with zero attached hydrogens (tertiary/aromatic N) is 2. The Morgan fingerprint density at radius 2 is 2.12 bits per heavy atom. The van der Waals surface area contributed by atoms with Gasteiger partial charge in [-0.2, -0.15) is 0 Å². The quantitative estimate of drug-likeness (QED) is 0.545. The summed E-state index contributed by atoms with van der Waals surface area (Å²) >= 11 is 1.70. The largest absolute Gasteiger partial charge is 0.352 e. The van der Waals surface area contributed by atoms with Gasteiger partial charge in [0.15, 0.2) is 0 Å². The van der Waals surface area contributed by atoms with Crippen LogP contribution in [0.3, 0.4) is 0 Å². The summed E-state index contributed by atoms with van der Waals surface area (Å²) in [5.41, 5.74) is 2.99. The second kappa shape index (κ2) is 9.49. The van der Waals surface area contributed by atoms with Gasteiger partial charge in [-0.1, -0.05) is 36.4 Å². The van der Waals surface area contributed by atoms with Crippen LogP contribution in [0.1, 0.15) is 28.0 Å². The van der Waals surface area contributed by atoms with Gasteiger partial charge in [0, 0.05) is 36.4 Å². The summed E-state index contributed by atoms with van der Waals surface area (Å²) in [5.74, 6) is -0.112. The number of hydrogen-bond donors (Lipinski definition) is 1. The molecule has 1 fully saturated rings. The van der Waals surface area contributed by atoms with Crippen molar-refractivity contribution in [1.29, 1.82) is 0 Å². The van der Waals surface area contributed by atoms with Crippen LogP contribution in [0.5, 0.6) is 0 Å². The molecule has 32 heavy (non-hydrogen) atoms. The van der Waals surface area contributed by atoms with E-state index in [2.05, 4.69) is 46.5 Å². The van der Waals surface area contributed by atoms with Crippen LogP contribution < -0.4 is 5.32 Å². The molecule has 2 aromatic heterocycles. The van der Waals surface area contributed by atoms with Gasteiger partial charge >= 0.3 is 0 Å². The third-order valence-electron chi connectivity index (χ3n) is 5.96. The van der Waals surface area contributed by atoms with Crippen molar-refractivity contribution in [2.24, 2.45) is 5.41 Å². The Labute approximate surface area is 192 Å². The molecule has 1 aliphatic rings. The van der Waals surface area contributed by atoms with Crippen molar-refractivity contribution in [3.05, 3.63) is 89.6 Å². The number of likely N-dealkylation sites (tertiary alicyclic amines) is 1. The fourth-order valence-corrected chi connectivity index (χ4v) is 4.98. The van der Waals surface area contributed by atoms with Crippen LogP contribution in [0.4, 0.5) is 0 Å². The molecule has 3 heterocycles. The number of thiophene rings is 1. The van der Waals surface area contributed by atoms with E-state index in [4.69, 9.17) is 0 Å². The number of aryl methyl sites for hydroxylation is 1. The summed E-state index contributed by atoms with van der Waals surface area (Å²) in [6, 6.07) is 16.1. The zero-order valence-electron chi connectivity index (χ0n) is 18.2. The predicted octanol–water partition coefficient (Wildman–Crippen LogP) is 4.50. The van der Waals surface area contributed by atoms with Gasteiger partial charge in [-0.05, 0) is 54.5 Å². The van der Waals surface area contributed by atoms with Gasteiger partial charge in [0.2, 0.25) is 5.91 Å². The van der Waals surface area contributed by atoms with E-state index in [9.17, 15) is 9.59 Å². The molecule has 1 atom stereocenters. The molecule has 4 rings (SSSR count). The summed E-state index contributed by atoms with van der Waals surface area (Å²) in [7, 11) is 0. The Morgan fingerprint density at radius 1 is 1.25 bits per heavy atom. The summed E-state index contributed by atoms with van der Waals surface area (Å²) in [5, 5.41) is 5.04. The highest BCUT2D eigenvalue weighted by atomic mass is 32.1. The normalized spacial score (nSPS) is 17.8. The molecule has 5 nitrogen and oxygen atoms in total. The minimum Gasteiger partial charge on any atom is -0.352 e. The number of aromatic nitrogens is 1. The van der Waals surface area contributed by atoms with Gasteiger partial charge in [-0.3, -0.25) is 14.6 Å². The van der Waals surface area contributed by atoms with Gasteiger partial charge in [-0.25, -0.2) is 0 Å². The van der Waals surface area contributed by atoms with E-state index in [1.165, 1.54) is 4.88 Å². The number of carbonyl (C=O) groups excluding carboxylic acids is 2. The maximum atomic E-state index is 13.3. The van der Waals surface area contributed by atoms with E-state index in [-0.39, 0.29) is 11.8 Å². The van der Waals surface area contributed by atoms with Crippen LogP contribution in [0.2, 0.25) is 0 Å². The smallest absolute Gasteiger partial charge is 0.255 e. The first-order valence-corrected chi connectivity index (χ1v) is 11.6. The molecule has 0 saturated carbocycles. The van der Waals surface area contributed by atoms with E-state index in [1.54, 1.807) is 34.6 Å². The summed E-state index contributed by atoms with van der Waals surface area (Å²) < 4.78 is 0. The minimum absolute atomic E-state index is 0.0312. The standard InChI is InChI=1S/C26H27N3O2S/c1-3-12-27-25(31)26(16-20-6-4-7-21(15-20)23-8-5-14-32-23)11-13-29(18-26)24(30)22-10-9-19(2)28-17-22/h3-10,14-15,17H,1,11-13,16,18H2,2H3,(H,27,31)/t26-/m0/s1. The van der Waals surface area contributed by atoms with Gasteiger partial charge in [0.05, 0.1) is 11.0 Å². The van der Waals surface area contributed by atoms with E-state index < -0.39 is 5.41 Å². The van der Waals surface area contributed by atoms with Gasteiger partial charge < -0.3 is 10.2 Å². The Hall–Kier alpha value is -3.25. The van der Waals surface area contributed by atoms with Crippen molar-refractivity contribution < 1.29 is 9.59 Å². The first kappa shape index (κ1) is 22.0. The molecule has 0 spiro atoms. The molecule has 1 aliphatic heterocycles. The van der Waals surface area contributed by atoms with Crippen molar-refractivity contribution in [3.8, 4) is 10.4 Å². The molecule has 0 unspecified atom stereocenters. The molecular weight excluding hydrogens is 418 g/mol. The highest BCUT2D eigenvalue weighted by molar-refractivity contribution is 7.13. The SMILES string of the molecule is C=CCNC(=O)[C@]1(Cc2cccc(-c3cccs3)c2)CCN(C(=O)c2ccc(C)nc2)C1. The van der Waals surface area contributed by atoms with E-state index >= 15 is 0 Å². The minimum atomic E-state index is -0.676. The molecule has 3 aromatic rings. The van der Waals surface area contributed by atoms with Crippen LogP contribution >= 0.6 is 11.3 Å². The van der Waals surface area contributed by atoms with Crippen LogP contribution in [0.15, 0.2) is 72.8 Å². The molecule has 6 heteroatoms. The lowest BCUT2D eigenvalue weighted by Crippen LogP contribution is -2.45. The number of carbonyl (C=O) groups is 2. The summed E-state index contributed by atoms with van der Waals surface area (Å²) in [4.78, 5) is 33.6. The summed E-state index contributed by atoms with van der Waals surface area (Å²) in [6.45, 7) is 6.93. The van der Waals surface area contributed by atoms with Crippen LogP contribution in [0, 0.1) is 12.3 Å². The molecule has 1 saturated heterocycles. The molecule has 0 bridgehead atoms. The maximum absolute atomic E-state index is 13.3. The highest BCUT2D eigenvalue weighted by Gasteiger charge is 2.46. The average molecular weight is 446 g/mol. The second-order valence-electron chi connectivity index (χ2n) is 8.30. The molecule has 1 N–H and O–H groups in total. The topological polar surface area (TPSA) is 62.3 Å². The lowest BCUT2D eigenvalue weighted by Gasteiger charge is -2.28. The molecule has 2 amide bonds. The Kier molecular flexibility index (Phi) is 6.51. The second-order valence-corrected chi connectivity index (χ2v) is 9.25. The van der Waals surface area contributed by atoms with Crippen molar-refractivity contribution in [1.82, 2.24) is 15.2 Å². The molecule has 0 radical (unpaired) electrons. The monoisotopic (exact) mass is 445 g/mol. The van der Waals surface area contributed by atoms with Crippen molar-refractivity contribution in [2.75, 3.05) is 19.6 Å². The van der Waals surface area contributed by atoms with Gasteiger partial charge in [-0.15, -0.1) is 17.9 Å². The van der Waals surface area contributed by atoms with Crippen molar-refractivity contribution >= 4 is 23.2 Å². The van der Waals surface area contributed by atoms with E-state index in [0.29, 0.717) is 38.0 Å². The predicted molar refractivity (Wildman–Crippen MR) is 129 cm³/mol. The van der Waals surface area contributed by atoms with E-state index in [1.807, 2.05) is 25.1 Å². The lowest BCUT2D eigenvalue weighted by molar-refractivity contribution is -0.130. The molecular formula is C26H27N3O2S. The third kappa shape index (κ3) is 4.65. The van der Waals surface area contributed by atoms with Crippen LogP contribution in [-0.2, 0) is 11.2 Å². The zero-order chi connectivity index (χ0) is 22.6. The van der Waals surface area contributed by atoms with Gasteiger partial charge in [0.1, 0.15) is 0 Å². The maximum Gasteiger partial charge on any atom is 0.255 e. The Balaban J connectivity index is 1.59. The van der Waals surface area contributed by atoms with Crippen LogP contribution in [0.25, 0.3) is 10.4 Å². The molecule has 164 valence electrons. The molecule has 0 aliphatic carbocycles. The Bertz CT molecular complexity index is 1110. The number of amides is 2. The Morgan fingerprint density at radius 3 is 2.84 bits per heavy atom. The number of pyridine rings is 1. The highest BCUT2D eigenvalue weighted by Crippen LogP contribution is 2.36. The number of rotatable bonds is 7. The summed E-state index contributed by atoms with van der Waals surface area (Å²) in [6.07, 6.45) is 4.48. The fourth-order valence-electron chi connectivity index (χ4n) is 4.25. The number of nitrogens with one attached hydrogen (secondary N) is 1. The first-order valence-electron chi connectivity index (χ1n) is 10.7.